The second-order valence-electron chi connectivity index (χ2n) is 4.08. The maximum atomic E-state index is 9.03. The van der Waals surface area contributed by atoms with Crippen molar-refractivity contribution in [3.8, 4) is 5.88 Å². The van der Waals surface area contributed by atoms with Crippen molar-refractivity contribution in [3.05, 3.63) is 18.2 Å². The minimum Gasteiger partial charge on any atom is -0.481 e. The summed E-state index contributed by atoms with van der Waals surface area (Å²) in [5.74, 6) is 1.37. The van der Waals surface area contributed by atoms with E-state index in [4.69, 9.17) is 9.84 Å². The van der Waals surface area contributed by atoms with Gasteiger partial charge in [-0.05, 0) is 25.8 Å². The molecule has 2 N–H and O–H groups in total. The maximum Gasteiger partial charge on any atom is 0.214 e. The van der Waals surface area contributed by atoms with Crippen LogP contribution in [-0.2, 0) is 0 Å². The van der Waals surface area contributed by atoms with Crippen LogP contribution in [0.25, 0.3) is 0 Å². The predicted octanol–water partition coefficient (Wildman–Crippen LogP) is 2.05. The van der Waals surface area contributed by atoms with Crippen molar-refractivity contribution in [2.45, 2.75) is 32.2 Å². The van der Waals surface area contributed by atoms with Gasteiger partial charge in [0.2, 0.25) is 5.88 Å². The van der Waals surface area contributed by atoms with Crippen LogP contribution in [0.5, 0.6) is 5.88 Å². The van der Waals surface area contributed by atoms with E-state index in [1.165, 1.54) is 0 Å². The fraction of sp³-hybridized carbons (Fsp3) is 0.583. The number of pyridine rings is 1. The van der Waals surface area contributed by atoms with E-state index in [9.17, 15) is 0 Å². The van der Waals surface area contributed by atoms with Gasteiger partial charge in [-0.3, -0.25) is 0 Å². The number of rotatable bonds is 6. The highest BCUT2D eigenvalue weighted by Gasteiger charge is 2.21. The van der Waals surface area contributed by atoms with Crippen LogP contribution in [0.1, 0.15) is 26.7 Å². The number of ether oxygens (including phenoxy) is 1. The molecule has 1 aromatic rings. The van der Waals surface area contributed by atoms with Crippen LogP contribution in [0.3, 0.4) is 0 Å². The van der Waals surface area contributed by atoms with Gasteiger partial charge >= 0.3 is 0 Å². The van der Waals surface area contributed by atoms with Crippen molar-refractivity contribution in [3.63, 3.8) is 0 Å². The topological polar surface area (TPSA) is 54.4 Å². The SMILES string of the molecule is CCC(C)(CCO)Nc1cccc(OC)n1. The van der Waals surface area contributed by atoms with Gasteiger partial charge < -0.3 is 15.2 Å². The van der Waals surface area contributed by atoms with Crippen LogP contribution in [0.15, 0.2) is 18.2 Å². The summed E-state index contributed by atoms with van der Waals surface area (Å²) in [4.78, 5) is 4.29. The highest BCUT2D eigenvalue weighted by atomic mass is 16.5. The lowest BCUT2D eigenvalue weighted by Crippen LogP contribution is -2.35. The number of anilines is 1. The summed E-state index contributed by atoms with van der Waals surface area (Å²) in [6, 6.07) is 5.59. The third-order valence-corrected chi connectivity index (χ3v) is 2.81. The highest BCUT2D eigenvalue weighted by Crippen LogP contribution is 2.21. The molecule has 1 rings (SSSR count). The average Bonchev–Trinajstić information content (AvgIpc) is 2.29. The number of aliphatic hydroxyl groups is 1. The Morgan fingerprint density at radius 1 is 1.50 bits per heavy atom. The number of nitrogens with one attached hydrogen (secondary N) is 1. The highest BCUT2D eigenvalue weighted by molar-refractivity contribution is 5.39. The number of hydrogen-bond donors (Lipinski definition) is 2. The minimum absolute atomic E-state index is 0.131. The summed E-state index contributed by atoms with van der Waals surface area (Å²) in [5, 5.41) is 12.4. The van der Waals surface area contributed by atoms with Crippen molar-refractivity contribution in [2.24, 2.45) is 0 Å². The average molecular weight is 224 g/mol. The van der Waals surface area contributed by atoms with Gasteiger partial charge in [0, 0.05) is 18.2 Å². The molecule has 0 saturated carbocycles. The first-order valence-corrected chi connectivity index (χ1v) is 5.53. The van der Waals surface area contributed by atoms with E-state index in [2.05, 4.69) is 24.1 Å². The molecular weight excluding hydrogens is 204 g/mol. The Morgan fingerprint density at radius 3 is 2.81 bits per heavy atom. The van der Waals surface area contributed by atoms with E-state index in [0.29, 0.717) is 12.3 Å². The summed E-state index contributed by atoms with van der Waals surface area (Å²) in [5.41, 5.74) is -0.131. The molecule has 0 saturated heterocycles. The van der Waals surface area contributed by atoms with E-state index in [1.54, 1.807) is 13.2 Å². The fourth-order valence-corrected chi connectivity index (χ4v) is 1.48. The van der Waals surface area contributed by atoms with E-state index in [0.717, 1.165) is 12.2 Å². The van der Waals surface area contributed by atoms with Crippen LogP contribution in [0, 0.1) is 0 Å². The molecule has 0 radical (unpaired) electrons. The van der Waals surface area contributed by atoms with Gasteiger partial charge in [0.05, 0.1) is 7.11 Å². The number of methoxy groups -OCH3 is 1. The van der Waals surface area contributed by atoms with Crippen LogP contribution in [0.4, 0.5) is 5.82 Å². The zero-order chi connectivity index (χ0) is 12.0. The quantitative estimate of drug-likeness (QED) is 0.776. The Bertz CT molecular complexity index is 331. The summed E-state index contributed by atoms with van der Waals surface area (Å²) in [6.45, 7) is 4.33. The zero-order valence-electron chi connectivity index (χ0n) is 10.2. The van der Waals surface area contributed by atoms with Crippen molar-refractivity contribution in [1.82, 2.24) is 4.98 Å². The largest absolute Gasteiger partial charge is 0.481 e. The molecule has 0 spiro atoms. The second kappa shape index (κ2) is 5.70. The standard InChI is InChI=1S/C12H20N2O2/c1-4-12(2,8-9-15)14-10-6-5-7-11(13-10)16-3/h5-7,15H,4,8-9H2,1-3H3,(H,13,14). The van der Waals surface area contributed by atoms with Crippen LogP contribution in [-0.4, -0.2) is 29.3 Å². The molecule has 0 amide bonds. The number of aromatic nitrogens is 1. The van der Waals surface area contributed by atoms with Crippen LogP contribution < -0.4 is 10.1 Å². The van der Waals surface area contributed by atoms with Gasteiger partial charge in [-0.15, -0.1) is 0 Å². The molecule has 16 heavy (non-hydrogen) atoms. The summed E-state index contributed by atoms with van der Waals surface area (Å²) in [7, 11) is 1.60. The molecule has 0 fully saturated rings. The molecule has 0 aliphatic carbocycles. The third-order valence-electron chi connectivity index (χ3n) is 2.81. The lowest BCUT2D eigenvalue weighted by atomic mass is 9.95. The molecule has 0 aliphatic heterocycles. The molecule has 1 heterocycles. The molecule has 4 nitrogen and oxygen atoms in total. The molecule has 1 atom stereocenters. The van der Waals surface area contributed by atoms with Gasteiger partial charge in [0.25, 0.3) is 0 Å². The van der Waals surface area contributed by atoms with Crippen LogP contribution in [0.2, 0.25) is 0 Å². The molecule has 90 valence electrons. The van der Waals surface area contributed by atoms with Crippen LogP contribution >= 0.6 is 0 Å². The Kier molecular flexibility index (Phi) is 4.55. The third kappa shape index (κ3) is 3.38. The number of nitrogens with zero attached hydrogens (tertiary/aromatic N) is 1. The summed E-state index contributed by atoms with van der Waals surface area (Å²) < 4.78 is 5.06. The second-order valence-corrected chi connectivity index (χ2v) is 4.08. The number of aliphatic hydroxyl groups excluding tert-OH is 1. The Labute approximate surface area is 96.7 Å². The predicted molar refractivity (Wildman–Crippen MR) is 64.8 cm³/mol. The van der Waals surface area contributed by atoms with Gasteiger partial charge in [-0.1, -0.05) is 13.0 Å². The summed E-state index contributed by atoms with van der Waals surface area (Å²) in [6.07, 6.45) is 1.62. The minimum atomic E-state index is -0.131. The molecule has 0 aliphatic rings. The van der Waals surface area contributed by atoms with E-state index >= 15 is 0 Å². The van der Waals surface area contributed by atoms with Crippen molar-refractivity contribution in [1.29, 1.82) is 0 Å². The number of hydrogen-bond acceptors (Lipinski definition) is 4. The van der Waals surface area contributed by atoms with E-state index in [1.807, 2.05) is 12.1 Å². The fourth-order valence-electron chi connectivity index (χ4n) is 1.48. The molecule has 0 bridgehead atoms. The Balaban J connectivity index is 2.77. The normalized spacial score (nSPS) is 14.2. The van der Waals surface area contributed by atoms with E-state index in [-0.39, 0.29) is 12.1 Å². The van der Waals surface area contributed by atoms with Crippen molar-refractivity contribution >= 4 is 5.82 Å². The lowest BCUT2D eigenvalue weighted by molar-refractivity contribution is 0.251. The first-order chi connectivity index (χ1) is 7.63. The zero-order valence-corrected chi connectivity index (χ0v) is 10.2. The molecule has 4 heteroatoms. The van der Waals surface area contributed by atoms with Crippen molar-refractivity contribution in [2.75, 3.05) is 19.0 Å². The lowest BCUT2D eigenvalue weighted by Gasteiger charge is -2.29. The van der Waals surface area contributed by atoms with Gasteiger partial charge in [-0.2, -0.15) is 4.98 Å². The maximum absolute atomic E-state index is 9.03. The molecular formula is C12H20N2O2. The molecule has 1 aromatic heterocycles. The van der Waals surface area contributed by atoms with E-state index < -0.39 is 0 Å². The molecule has 1 unspecified atom stereocenters. The monoisotopic (exact) mass is 224 g/mol. The Morgan fingerprint density at radius 2 is 2.25 bits per heavy atom. The smallest absolute Gasteiger partial charge is 0.214 e. The van der Waals surface area contributed by atoms with Crippen molar-refractivity contribution < 1.29 is 9.84 Å². The van der Waals surface area contributed by atoms with Gasteiger partial charge in [0.15, 0.2) is 0 Å². The summed E-state index contributed by atoms with van der Waals surface area (Å²) >= 11 is 0. The van der Waals surface area contributed by atoms with Gasteiger partial charge in [-0.25, -0.2) is 0 Å². The Hall–Kier alpha value is -1.29. The molecule has 0 aromatic carbocycles. The first-order valence-electron chi connectivity index (χ1n) is 5.53. The van der Waals surface area contributed by atoms with Gasteiger partial charge in [0.1, 0.15) is 5.82 Å². The first kappa shape index (κ1) is 12.8.